The van der Waals surface area contributed by atoms with Crippen molar-refractivity contribution in [3.63, 3.8) is 0 Å². The highest BCUT2D eigenvalue weighted by atomic mass is 16.2. The van der Waals surface area contributed by atoms with Gasteiger partial charge in [-0.3, -0.25) is 14.5 Å². The molecule has 1 atom stereocenters. The molecule has 1 unspecified atom stereocenters. The third kappa shape index (κ3) is 4.11. The molecule has 0 bridgehead atoms. The third-order valence-electron chi connectivity index (χ3n) is 7.16. The van der Waals surface area contributed by atoms with E-state index in [1.165, 1.54) is 0 Å². The van der Waals surface area contributed by atoms with Gasteiger partial charge in [-0.05, 0) is 55.2 Å². The number of aryl methyl sites for hydroxylation is 1. The van der Waals surface area contributed by atoms with Crippen LogP contribution < -0.4 is 4.90 Å². The van der Waals surface area contributed by atoms with Gasteiger partial charge in [0.1, 0.15) is 12.6 Å². The van der Waals surface area contributed by atoms with Crippen LogP contribution in [-0.2, 0) is 16.0 Å². The molecule has 4 aromatic rings. The van der Waals surface area contributed by atoms with E-state index in [-0.39, 0.29) is 30.4 Å². The summed E-state index contributed by atoms with van der Waals surface area (Å²) in [6.45, 7) is 2.15. The molecule has 36 heavy (non-hydrogen) atoms. The van der Waals surface area contributed by atoms with Gasteiger partial charge in [0.05, 0.1) is 23.5 Å². The van der Waals surface area contributed by atoms with Crippen LogP contribution in [0.25, 0.3) is 5.69 Å². The van der Waals surface area contributed by atoms with Crippen molar-refractivity contribution in [3.05, 3.63) is 120 Å². The molecule has 6 rings (SSSR count). The van der Waals surface area contributed by atoms with Gasteiger partial charge in [-0.1, -0.05) is 72.3 Å². The highest BCUT2D eigenvalue weighted by molar-refractivity contribution is 6.00. The maximum absolute atomic E-state index is 14.2. The van der Waals surface area contributed by atoms with Gasteiger partial charge in [0.15, 0.2) is 0 Å². The summed E-state index contributed by atoms with van der Waals surface area (Å²) in [7, 11) is 0. The molecule has 5 nitrogen and oxygen atoms in total. The summed E-state index contributed by atoms with van der Waals surface area (Å²) in [5.74, 6) is -0.0486. The number of rotatable bonds is 6. The Bertz CT molecular complexity index is 1420. The van der Waals surface area contributed by atoms with Crippen molar-refractivity contribution < 1.29 is 9.59 Å². The lowest BCUT2D eigenvalue weighted by Crippen LogP contribution is -2.47. The van der Waals surface area contributed by atoms with Gasteiger partial charge in [0, 0.05) is 12.2 Å². The predicted octanol–water partition coefficient (Wildman–Crippen LogP) is 5.46. The van der Waals surface area contributed by atoms with E-state index in [0.717, 1.165) is 46.6 Å². The number of anilines is 1. The monoisotopic (exact) mass is 475 g/mol. The summed E-state index contributed by atoms with van der Waals surface area (Å²) in [6, 6.07) is 30.1. The number of para-hydroxylation sites is 2. The van der Waals surface area contributed by atoms with E-state index >= 15 is 0 Å². The van der Waals surface area contributed by atoms with Crippen molar-refractivity contribution in [3.8, 4) is 5.69 Å². The fraction of sp³-hybridized carbons (Fsp3) is 0.226. The summed E-state index contributed by atoms with van der Waals surface area (Å²) in [6.07, 6.45) is 4.27. The van der Waals surface area contributed by atoms with Gasteiger partial charge in [-0.25, -0.2) is 0 Å². The first-order valence-corrected chi connectivity index (χ1v) is 12.6. The van der Waals surface area contributed by atoms with E-state index < -0.39 is 0 Å². The molecular formula is C31H29N3O2. The Hall–Kier alpha value is -4.12. The van der Waals surface area contributed by atoms with Crippen molar-refractivity contribution in [2.45, 2.75) is 38.3 Å². The molecule has 0 saturated heterocycles. The van der Waals surface area contributed by atoms with Crippen LogP contribution in [0, 0.1) is 6.92 Å². The number of hydrogen-bond donors (Lipinski definition) is 0. The summed E-state index contributed by atoms with van der Waals surface area (Å²) < 4.78 is 2.17. The zero-order valence-electron chi connectivity index (χ0n) is 20.4. The van der Waals surface area contributed by atoms with E-state index in [9.17, 15) is 9.59 Å². The fourth-order valence-corrected chi connectivity index (χ4v) is 5.32. The van der Waals surface area contributed by atoms with Gasteiger partial charge in [0.2, 0.25) is 11.8 Å². The fourth-order valence-electron chi connectivity index (χ4n) is 5.32. The molecule has 0 radical (unpaired) electrons. The minimum Gasteiger partial charge on any atom is -0.330 e. The molecule has 1 fully saturated rings. The standard InChI is InChI=1S/C31H29N3O2/c1-22-9-7-12-24(19-22)31-28-15-8-18-32(28)26-13-5-6-14-27(26)34(31)30(36)21-33(25-16-17-25)29(35)20-23-10-3-2-4-11-23/h2-15,18-19,25,31H,16-17,20-21H2,1H3. The third-order valence-corrected chi connectivity index (χ3v) is 7.16. The largest absolute Gasteiger partial charge is 0.330 e. The Morgan fingerprint density at radius 2 is 1.61 bits per heavy atom. The zero-order chi connectivity index (χ0) is 24.6. The van der Waals surface area contributed by atoms with Crippen LogP contribution in [0.3, 0.4) is 0 Å². The van der Waals surface area contributed by atoms with Gasteiger partial charge in [0.25, 0.3) is 0 Å². The average molecular weight is 476 g/mol. The van der Waals surface area contributed by atoms with Gasteiger partial charge >= 0.3 is 0 Å². The van der Waals surface area contributed by atoms with Crippen LogP contribution in [0.4, 0.5) is 5.69 Å². The Morgan fingerprint density at radius 3 is 2.36 bits per heavy atom. The second-order valence-corrected chi connectivity index (χ2v) is 9.79. The molecule has 1 saturated carbocycles. The van der Waals surface area contributed by atoms with Crippen molar-refractivity contribution in [1.82, 2.24) is 9.47 Å². The average Bonchev–Trinajstić information content (AvgIpc) is 3.62. The zero-order valence-corrected chi connectivity index (χ0v) is 20.4. The van der Waals surface area contributed by atoms with E-state index in [4.69, 9.17) is 0 Å². The number of aromatic nitrogens is 1. The van der Waals surface area contributed by atoms with Gasteiger partial charge in [-0.2, -0.15) is 0 Å². The van der Waals surface area contributed by atoms with E-state index in [1.54, 1.807) is 4.90 Å². The smallest absolute Gasteiger partial charge is 0.247 e. The molecule has 2 aliphatic rings. The molecule has 2 amide bonds. The first-order valence-electron chi connectivity index (χ1n) is 12.6. The maximum Gasteiger partial charge on any atom is 0.247 e. The molecule has 5 heteroatoms. The second-order valence-electron chi connectivity index (χ2n) is 9.79. The summed E-state index contributed by atoms with van der Waals surface area (Å²) in [5, 5.41) is 0. The van der Waals surface area contributed by atoms with Crippen LogP contribution in [0.5, 0.6) is 0 Å². The summed E-state index contributed by atoms with van der Waals surface area (Å²) >= 11 is 0. The van der Waals surface area contributed by atoms with Crippen LogP contribution in [0.15, 0.2) is 97.2 Å². The number of carbonyl (C=O) groups is 2. The molecule has 3 aromatic carbocycles. The minimum absolute atomic E-state index is 0.0119. The molecular weight excluding hydrogens is 446 g/mol. The molecule has 0 spiro atoms. The van der Waals surface area contributed by atoms with Crippen LogP contribution in [0.1, 0.15) is 41.3 Å². The first kappa shape index (κ1) is 22.4. The lowest BCUT2D eigenvalue weighted by atomic mass is 9.96. The van der Waals surface area contributed by atoms with Crippen molar-refractivity contribution in [2.24, 2.45) is 0 Å². The Kier molecular flexibility index (Phi) is 5.68. The number of nitrogens with zero attached hydrogens (tertiary/aromatic N) is 3. The lowest BCUT2D eigenvalue weighted by Gasteiger charge is -2.39. The topological polar surface area (TPSA) is 45.6 Å². The Labute approximate surface area is 211 Å². The lowest BCUT2D eigenvalue weighted by molar-refractivity contribution is -0.135. The molecule has 1 aliphatic carbocycles. The van der Waals surface area contributed by atoms with Gasteiger partial charge < -0.3 is 9.47 Å². The quantitative estimate of drug-likeness (QED) is 0.372. The number of hydrogen-bond acceptors (Lipinski definition) is 2. The summed E-state index contributed by atoms with van der Waals surface area (Å²) in [4.78, 5) is 31.3. The molecule has 180 valence electrons. The van der Waals surface area contributed by atoms with E-state index in [0.29, 0.717) is 6.42 Å². The predicted molar refractivity (Wildman–Crippen MR) is 141 cm³/mol. The molecule has 2 heterocycles. The van der Waals surface area contributed by atoms with Crippen LogP contribution in [0.2, 0.25) is 0 Å². The Balaban J connectivity index is 1.37. The van der Waals surface area contributed by atoms with Crippen molar-refractivity contribution in [1.29, 1.82) is 0 Å². The SMILES string of the molecule is Cc1cccc(C2c3cccn3-c3ccccc3N2C(=O)CN(C(=O)Cc2ccccc2)C2CC2)c1. The van der Waals surface area contributed by atoms with Gasteiger partial charge in [-0.15, -0.1) is 0 Å². The second kappa shape index (κ2) is 9.15. The van der Waals surface area contributed by atoms with Crippen molar-refractivity contribution in [2.75, 3.05) is 11.4 Å². The molecule has 0 N–H and O–H groups in total. The van der Waals surface area contributed by atoms with E-state index in [1.807, 2.05) is 71.6 Å². The first-order chi connectivity index (χ1) is 17.6. The highest BCUT2D eigenvalue weighted by Crippen LogP contribution is 2.42. The highest BCUT2D eigenvalue weighted by Gasteiger charge is 2.39. The normalized spacial score (nSPS) is 16.2. The number of amides is 2. The minimum atomic E-state index is -0.271. The number of carbonyl (C=O) groups excluding carboxylic acids is 2. The number of benzene rings is 3. The number of fused-ring (bicyclic) bond motifs is 3. The maximum atomic E-state index is 14.2. The van der Waals surface area contributed by atoms with Crippen LogP contribution >= 0.6 is 0 Å². The summed E-state index contributed by atoms with van der Waals surface area (Å²) in [5.41, 5.74) is 6.06. The molecule has 1 aliphatic heterocycles. The van der Waals surface area contributed by atoms with Crippen molar-refractivity contribution >= 4 is 17.5 Å². The van der Waals surface area contributed by atoms with E-state index in [2.05, 4.69) is 42.0 Å². The Morgan fingerprint density at radius 1 is 0.861 bits per heavy atom. The molecule has 1 aromatic heterocycles. The van der Waals surface area contributed by atoms with Crippen LogP contribution in [-0.4, -0.2) is 33.9 Å².